The Morgan fingerprint density at radius 1 is 1.04 bits per heavy atom. The van der Waals surface area contributed by atoms with E-state index in [2.05, 4.69) is 6.07 Å². The van der Waals surface area contributed by atoms with E-state index in [0.717, 1.165) is 15.4 Å². The lowest BCUT2D eigenvalue weighted by atomic mass is 10.0. The van der Waals surface area contributed by atoms with Crippen molar-refractivity contribution in [1.29, 1.82) is 5.26 Å². The number of rotatable bonds is 5. The zero-order valence-electron chi connectivity index (χ0n) is 14.0. The number of nitrogens with zero attached hydrogens (tertiary/aromatic N) is 2. The number of allylic oxidation sites excluding steroid dienone is 1. The van der Waals surface area contributed by atoms with Gasteiger partial charge in [-0.05, 0) is 53.6 Å². The molecule has 4 nitrogen and oxygen atoms in total. The molecule has 132 valence electrons. The number of non-ortho nitro benzene ring substituents is 1. The summed E-state index contributed by atoms with van der Waals surface area (Å²) in [6.45, 7) is 0. The highest BCUT2D eigenvalue weighted by atomic mass is 35.5. The maximum Gasteiger partial charge on any atom is 0.270 e. The van der Waals surface area contributed by atoms with E-state index in [9.17, 15) is 15.4 Å². The van der Waals surface area contributed by atoms with Crippen LogP contribution in [0.1, 0.15) is 11.1 Å². The van der Waals surface area contributed by atoms with Crippen LogP contribution in [0.2, 0.25) is 5.02 Å². The van der Waals surface area contributed by atoms with E-state index in [0.29, 0.717) is 16.2 Å². The molecular formula is C21H13ClN2O2S. The Morgan fingerprint density at radius 3 is 2.26 bits per heavy atom. The molecule has 0 aliphatic heterocycles. The molecule has 0 amide bonds. The fourth-order valence-corrected chi connectivity index (χ4v) is 3.35. The van der Waals surface area contributed by atoms with Gasteiger partial charge in [0.25, 0.3) is 5.69 Å². The van der Waals surface area contributed by atoms with Crippen LogP contribution in [-0.2, 0) is 0 Å². The summed E-state index contributed by atoms with van der Waals surface area (Å²) in [7, 11) is 0. The lowest BCUT2D eigenvalue weighted by Crippen LogP contribution is -1.89. The summed E-state index contributed by atoms with van der Waals surface area (Å²) in [6, 6.07) is 23.5. The maximum absolute atomic E-state index is 10.9. The van der Waals surface area contributed by atoms with Gasteiger partial charge in [0.15, 0.2) is 0 Å². The molecule has 0 N–H and O–H groups in total. The quantitative estimate of drug-likeness (QED) is 0.216. The SMILES string of the molecule is N#C/C(=C/c1ccc(Sc2ccc(Cl)cc2)cc1)c1cccc([N+](=O)[O-])c1. The predicted molar refractivity (Wildman–Crippen MR) is 109 cm³/mol. The first kappa shape index (κ1) is 18.7. The number of nitriles is 1. The molecule has 3 aromatic rings. The van der Waals surface area contributed by atoms with Crippen LogP contribution in [0.25, 0.3) is 11.6 Å². The number of hydrogen-bond donors (Lipinski definition) is 0. The Kier molecular flexibility index (Phi) is 5.92. The fourth-order valence-electron chi connectivity index (χ4n) is 2.40. The highest BCUT2D eigenvalue weighted by Crippen LogP contribution is 2.29. The van der Waals surface area contributed by atoms with Gasteiger partial charge in [0.1, 0.15) is 0 Å². The molecule has 0 radical (unpaired) electrons. The first-order valence-electron chi connectivity index (χ1n) is 7.95. The van der Waals surface area contributed by atoms with Crippen molar-refractivity contribution in [3.05, 3.63) is 99.1 Å². The van der Waals surface area contributed by atoms with E-state index in [1.165, 1.54) is 12.1 Å². The van der Waals surface area contributed by atoms with Crippen LogP contribution in [0.4, 0.5) is 5.69 Å². The molecule has 0 heterocycles. The predicted octanol–water partition coefficient (Wildman–Crippen LogP) is 6.46. The third kappa shape index (κ3) is 4.98. The van der Waals surface area contributed by atoms with Crippen LogP contribution in [0.15, 0.2) is 82.6 Å². The minimum atomic E-state index is -0.471. The zero-order valence-corrected chi connectivity index (χ0v) is 15.6. The van der Waals surface area contributed by atoms with Crippen LogP contribution in [0, 0.1) is 21.4 Å². The molecule has 0 aliphatic rings. The third-order valence-electron chi connectivity index (χ3n) is 3.73. The molecule has 0 fully saturated rings. The van der Waals surface area contributed by atoms with E-state index in [4.69, 9.17) is 11.6 Å². The van der Waals surface area contributed by atoms with E-state index >= 15 is 0 Å². The van der Waals surface area contributed by atoms with Gasteiger partial charge in [0, 0.05) is 26.9 Å². The van der Waals surface area contributed by atoms with E-state index < -0.39 is 4.92 Å². The van der Waals surface area contributed by atoms with Gasteiger partial charge >= 0.3 is 0 Å². The van der Waals surface area contributed by atoms with Gasteiger partial charge in [-0.25, -0.2) is 0 Å². The van der Waals surface area contributed by atoms with E-state index in [-0.39, 0.29) is 5.69 Å². The van der Waals surface area contributed by atoms with Crippen molar-refractivity contribution in [2.24, 2.45) is 0 Å². The smallest absolute Gasteiger partial charge is 0.258 e. The van der Waals surface area contributed by atoms with Gasteiger partial charge in [-0.1, -0.05) is 47.6 Å². The monoisotopic (exact) mass is 392 g/mol. The lowest BCUT2D eigenvalue weighted by Gasteiger charge is -2.04. The number of halogens is 1. The van der Waals surface area contributed by atoms with Gasteiger partial charge < -0.3 is 0 Å². The van der Waals surface area contributed by atoms with Crippen molar-refractivity contribution in [2.75, 3.05) is 0 Å². The normalized spacial score (nSPS) is 11.0. The first-order chi connectivity index (χ1) is 13.0. The first-order valence-corrected chi connectivity index (χ1v) is 9.15. The second-order valence-corrected chi connectivity index (χ2v) is 7.19. The number of nitro benzene ring substituents is 1. The van der Waals surface area contributed by atoms with E-state index in [1.54, 1.807) is 30.0 Å². The molecular weight excluding hydrogens is 380 g/mol. The van der Waals surface area contributed by atoms with E-state index in [1.807, 2.05) is 48.5 Å². The van der Waals surface area contributed by atoms with Crippen LogP contribution < -0.4 is 0 Å². The summed E-state index contributed by atoms with van der Waals surface area (Å²) in [4.78, 5) is 12.6. The summed E-state index contributed by atoms with van der Waals surface area (Å²) in [5.74, 6) is 0. The second kappa shape index (κ2) is 8.54. The van der Waals surface area contributed by atoms with Gasteiger partial charge in [-0.15, -0.1) is 0 Å². The second-order valence-electron chi connectivity index (χ2n) is 5.60. The maximum atomic E-state index is 10.9. The fraction of sp³-hybridized carbons (Fsp3) is 0. The number of benzene rings is 3. The molecule has 0 spiro atoms. The Bertz CT molecular complexity index is 1040. The zero-order chi connectivity index (χ0) is 19.2. The van der Waals surface area contributed by atoms with Crippen molar-refractivity contribution in [1.82, 2.24) is 0 Å². The Morgan fingerprint density at radius 2 is 1.67 bits per heavy atom. The van der Waals surface area contributed by atoms with Gasteiger partial charge in [-0.3, -0.25) is 10.1 Å². The topological polar surface area (TPSA) is 66.9 Å². The minimum Gasteiger partial charge on any atom is -0.258 e. The summed E-state index contributed by atoms with van der Waals surface area (Å²) in [5, 5.41) is 21.1. The van der Waals surface area contributed by atoms with Gasteiger partial charge in [0.2, 0.25) is 0 Å². The van der Waals surface area contributed by atoms with Crippen molar-refractivity contribution in [2.45, 2.75) is 9.79 Å². The summed E-state index contributed by atoms with van der Waals surface area (Å²) >= 11 is 7.51. The molecule has 3 aromatic carbocycles. The average molecular weight is 393 g/mol. The summed E-state index contributed by atoms with van der Waals surface area (Å²) in [6.07, 6.45) is 1.72. The van der Waals surface area contributed by atoms with Gasteiger partial charge in [0.05, 0.1) is 16.6 Å². The van der Waals surface area contributed by atoms with Crippen LogP contribution in [0.3, 0.4) is 0 Å². The molecule has 0 aliphatic carbocycles. The molecule has 3 rings (SSSR count). The van der Waals surface area contributed by atoms with Gasteiger partial charge in [-0.2, -0.15) is 5.26 Å². The van der Waals surface area contributed by atoms with Crippen molar-refractivity contribution in [3.8, 4) is 6.07 Å². The summed E-state index contributed by atoms with van der Waals surface area (Å²) in [5.41, 5.74) is 1.70. The molecule has 0 atom stereocenters. The molecule has 27 heavy (non-hydrogen) atoms. The third-order valence-corrected chi connectivity index (χ3v) is 5.00. The van der Waals surface area contributed by atoms with Crippen LogP contribution >= 0.6 is 23.4 Å². The molecule has 0 aromatic heterocycles. The molecule has 0 bridgehead atoms. The Labute approximate surface area is 165 Å². The van der Waals surface area contributed by atoms with Crippen molar-refractivity contribution < 1.29 is 4.92 Å². The Hall–Kier alpha value is -3.07. The lowest BCUT2D eigenvalue weighted by molar-refractivity contribution is -0.384. The highest BCUT2D eigenvalue weighted by Gasteiger charge is 2.09. The van der Waals surface area contributed by atoms with Crippen LogP contribution in [0.5, 0.6) is 0 Å². The van der Waals surface area contributed by atoms with Crippen molar-refractivity contribution in [3.63, 3.8) is 0 Å². The summed E-state index contributed by atoms with van der Waals surface area (Å²) < 4.78 is 0. The minimum absolute atomic E-state index is 0.0386. The number of nitro groups is 1. The van der Waals surface area contributed by atoms with Crippen LogP contribution in [-0.4, -0.2) is 4.92 Å². The molecule has 0 saturated heterocycles. The molecule has 6 heteroatoms. The standard InChI is InChI=1S/C21H13ClN2O2S/c22-18-6-10-21(11-7-18)27-20-8-4-15(5-9-20)12-17(14-23)16-2-1-3-19(13-16)24(25)26/h1-13H/b17-12-. The molecule has 0 unspecified atom stereocenters. The average Bonchev–Trinajstić information content (AvgIpc) is 2.69. The largest absolute Gasteiger partial charge is 0.270 e. The molecule has 0 saturated carbocycles. The Balaban J connectivity index is 1.81. The van der Waals surface area contributed by atoms with Crippen molar-refractivity contribution >= 4 is 40.7 Å². The highest BCUT2D eigenvalue weighted by molar-refractivity contribution is 7.99. The number of hydrogen-bond acceptors (Lipinski definition) is 4.